The van der Waals surface area contributed by atoms with Crippen molar-refractivity contribution in [2.45, 2.75) is 31.8 Å². The first-order valence-electron chi connectivity index (χ1n) is 8.58. The number of carboxylic acid groups (broad SMARTS) is 1. The van der Waals surface area contributed by atoms with Crippen LogP contribution in [0.15, 0.2) is 42.5 Å². The molecule has 0 aliphatic carbocycles. The molecule has 2 aliphatic heterocycles. The second-order valence-electron chi connectivity index (χ2n) is 6.66. The fourth-order valence-electron chi connectivity index (χ4n) is 3.86. The highest BCUT2D eigenvalue weighted by molar-refractivity contribution is 5.74. The molecule has 0 bridgehead atoms. The van der Waals surface area contributed by atoms with Gasteiger partial charge in [-0.3, -0.25) is 9.69 Å². The van der Waals surface area contributed by atoms with Crippen LogP contribution in [0.1, 0.15) is 35.6 Å². The van der Waals surface area contributed by atoms with Crippen LogP contribution in [-0.4, -0.2) is 35.4 Å². The SMILES string of the molecule is Cc1cccc(C(c2ccc3c(c2)OCO3)N2CCCC2C(=O)O)c1. The Hall–Kier alpha value is -2.53. The number of ether oxygens (including phenoxy) is 2. The van der Waals surface area contributed by atoms with Crippen LogP contribution in [0.25, 0.3) is 0 Å². The smallest absolute Gasteiger partial charge is 0.320 e. The van der Waals surface area contributed by atoms with Crippen LogP contribution < -0.4 is 9.47 Å². The molecule has 4 rings (SSSR count). The van der Waals surface area contributed by atoms with Crippen molar-refractivity contribution >= 4 is 5.97 Å². The third-order valence-corrected chi connectivity index (χ3v) is 4.98. The standard InChI is InChI=1S/C20H21NO4/c1-13-4-2-5-14(10-13)19(21-9-3-6-16(21)20(22)23)15-7-8-17-18(11-15)25-12-24-17/h2,4-5,7-8,10-11,16,19H,3,6,9,12H2,1H3,(H,22,23). The van der Waals surface area contributed by atoms with E-state index in [4.69, 9.17) is 9.47 Å². The molecule has 2 atom stereocenters. The lowest BCUT2D eigenvalue weighted by molar-refractivity contribution is -0.142. The molecule has 0 spiro atoms. The van der Waals surface area contributed by atoms with Crippen molar-refractivity contribution in [3.63, 3.8) is 0 Å². The summed E-state index contributed by atoms with van der Waals surface area (Å²) in [5.41, 5.74) is 3.30. The van der Waals surface area contributed by atoms with Crippen LogP contribution in [0.4, 0.5) is 0 Å². The van der Waals surface area contributed by atoms with Gasteiger partial charge in [0.2, 0.25) is 6.79 Å². The molecule has 2 aliphatic rings. The highest BCUT2D eigenvalue weighted by atomic mass is 16.7. The average molecular weight is 339 g/mol. The van der Waals surface area contributed by atoms with Gasteiger partial charge in [-0.05, 0) is 43.0 Å². The molecule has 1 N–H and O–H groups in total. The molecule has 2 aromatic carbocycles. The first-order valence-corrected chi connectivity index (χ1v) is 8.58. The molecular weight excluding hydrogens is 318 g/mol. The zero-order chi connectivity index (χ0) is 17.4. The maximum atomic E-state index is 11.7. The van der Waals surface area contributed by atoms with E-state index in [1.165, 1.54) is 0 Å². The minimum Gasteiger partial charge on any atom is -0.480 e. The number of fused-ring (bicyclic) bond motifs is 1. The summed E-state index contributed by atoms with van der Waals surface area (Å²) < 4.78 is 10.9. The van der Waals surface area contributed by atoms with Crippen molar-refractivity contribution in [1.29, 1.82) is 0 Å². The van der Waals surface area contributed by atoms with Gasteiger partial charge in [-0.25, -0.2) is 0 Å². The molecule has 1 saturated heterocycles. The van der Waals surface area contributed by atoms with E-state index in [9.17, 15) is 9.90 Å². The molecule has 1 fully saturated rings. The molecular formula is C20H21NO4. The van der Waals surface area contributed by atoms with Crippen LogP contribution in [0.3, 0.4) is 0 Å². The van der Waals surface area contributed by atoms with E-state index in [1.54, 1.807) is 0 Å². The predicted molar refractivity (Wildman–Crippen MR) is 93.0 cm³/mol. The largest absolute Gasteiger partial charge is 0.480 e. The monoisotopic (exact) mass is 339 g/mol. The first kappa shape index (κ1) is 16.0. The van der Waals surface area contributed by atoms with Gasteiger partial charge in [0.15, 0.2) is 11.5 Å². The van der Waals surface area contributed by atoms with Crippen molar-refractivity contribution in [1.82, 2.24) is 4.90 Å². The molecule has 0 amide bonds. The molecule has 5 heteroatoms. The topological polar surface area (TPSA) is 59.0 Å². The predicted octanol–water partition coefficient (Wildman–Crippen LogP) is 3.36. The van der Waals surface area contributed by atoms with Gasteiger partial charge in [0.1, 0.15) is 6.04 Å². The minimum absolute atomic E-state index is 0.113. The number of hydrogen-bond acceptors (Lipinski definition) is 4. The highest BCUT2D eigenvalue weighted by Crippen LogP contribution is 2.40. The Morgan fingerprint density at radius 1 is 1.16 bits per heavy atom. The Bertz CT molecular complexity index is 804. The number of rotatable bonds is 4. The van der Waals surface area contributed by atoms with Gasteiger partial charge < -0.3 is 14.6 Å². The van der Waals surface area contributed by atoms with Crippen molar-refractivity contribution < 1.29 is 19.4 Å². The van der Waals surface area contributed by atoms with Crippen molar-refractivity contribution in [3.8, 4) is 11.5 Å². The van der Waals surface area contributed by atoms with E-state index in [0.29, 0.717) is 6.42 Å². The number of nitrogens with zero attached hydrogens (tertiary/aromatic N) is 1. The molecule has 0 saturated carbocycles. The number of hydrogen-bond donors (Lipinski definition) is 1. The molecule has 2 heterocycles. The average Bonchev–Trinajstić information content (AvgIpc) is 3.24. The normalized spacial score (nSPS) is 20.6. The Kier molecular flexibility index (Phi) is 4.09. The van der Waals surface area contributed by atoms with Gasteiger partial charge in [0.25, 0.3) is 0 Å². The molecule has 25 heavy (non-hydrogen) atoms. The Balaban J connectivity index is 1.80. The van der Waals surface area contributed by atoms with Gasteiger partial charge in [0, 0.05) is 6.54 Å². The van der Waals surface area contributed by atoms with E-state index < -0.39 is 12.0 Å². The summed E-state index contributed by atoms with van der Waals surface area (Å²) in [6, 6.07) is 13.6. The zero-order valence-corrected chi connectivity index (χ0v) is 14.1. The quantitative estimate of drug-likeness (QED) is 0.925. The Morgan fingerprint density at radius 3 is 2.76 bits per heavy atom. The summed E-state index contributed by atoms with van der Waals surface area (Å²) >= 11 is 0. The lowest BCUT2D eigenvalue weighted by atomic mass is 9.94. The van der Waals surface area contributed by atoms with E-state index >= 15 is 0 Å². The second kappa shape index (κ2) is 6.41. The number of aliphatic carboxylic acids is 1. The fraction of sp³-hybridized carbons (Fsp3) is 0.350. The molecule has 130 valence electrons. The number of carbonyl (C=O) groups is 1. The maximum absolute atomic E-state index is 11.7. The van der Waals surface area contributed by atoms with Gasteiger partial charge in [-0.15, -0.1) is 0 Å². The van der Waals surface area contributed by atoms with E-state index in [0.717, 1.165) is 41.2 Å². The summed E-state index contributed by atoms with van der Waals surface area (Å²) in [4.78, 5) is 13.8. The lowest BCUT2D eigenvalue weighted by Gasteiger charge is -2.32. The lowest BCUT2D eigenvalue weighted by Crippen LogP contribution is -2.39. The van der Waals surface area contributed by atoms with E-state index in [-0.39, 0.29) is 12.8 Å². The van der Waals surface area contributed by atoms with Crippen molar-refractivity contribution in [2.75, 3.05) is 13.3 Å². The third kappa shape index (κ3) is 2.96. The second-order valence-corrected chi connectivity index (χ2v) is 6.66. The molecule has 5 nitrogen and oxygen atoms in total. The van der Waals surface area contributed by atoms with Crippen LogP contribution in [-0.2, 0) is 4.79 Å². The van der Waals surface area contributed by atoms with Gasteiger partial charge >= 0.3 is 5.97 Å². The summed E-state index contributed by atoms with van der Waals surface area (Å²) in [6.07, 6.45) is 1.58. The van der Waals surface area contributed by atoms with Crippen molar-refractivity contribution in [3.05, 3.63) is 59.2 Å². The van der Waals surface area contributed by atoms with Gasteiger partial charge in [0.05, 0.1) is 6.04 Å². The summed E-state index contributed by atoms with van der Waals surface area (Å²) in [7, 11) is 0. The van der Waals surface area contributed by atoms with Gasteiger partial charge in [-0.2, -0.15) is 0 Å². The first-order chi connectivity index (χ1) is 12.1. The summed E-state index contributed by atoms with van der Waals surface area (Å²) in [5.74, 6) is 0.708. The zero-order valence-electron chi connectivity index (χ0n) is 14.1. The maximum Gasteiger partial charge on any atom is 0.320 e. The van der Waals surface area contributed by atoms with Crippen LogP contribution in [0.5, 0.6) is 11.5 Å². The highest BCUT2D eigenvalue weighted by Gasteiger charge is 2.37. The van der Waals surface area contributed by atoms with E-state index in [2.05, 4.69) is 30.0 Å². The molecule has 2 unspecified atom stereocenters. The summed E-state index contributed by atoms with van der Waals surface area (Å²) in [5, 5.41) is 9.65. The van der Waals surface area contributed by atoms with Crippen LogP contribution >= 0.6 is 0 Å². The molecule has 2 aromatic rings. The third-order valence-electron chi connectivity index (χ3n) is 4.98. The number of carboxylic acids is 1. The summed E-state index contributed by atoms with van der Waals surface area (Å²) in [6.45, 7) is 3.05. The van der Waals surface area contributed by atoms with E-state index in [1.807, 2.05) is 24.3 Å². The van der Waals surface area contributed by atoms with Gasteiger partial charge in [-0.1, -0.05) is 35.9 Å². The van der Waals surface area contributed by atoms with Crippen molar-refractivity contribution in [2.24, 2.45) is 0 Å². The van der Waals surface area contributed by atoms with Crippen LogP contribution in [0, 0.1) is 6.92 Å². The number of aryl methyl sites for hydroxylation is 1. The number of likely N-dealkylation sites (tertiary alicyclic amines) is 1. The van der Waals surface area contributed by atoms with Crippen LogP contribution in [0.2, 0.25) is 0 Å². The fourth-order valence-corrected chi connectivity index (χ4v) is 3.86. The minimum atomic E-state index is -0.754. The molecule has 0 aromatic heterocycles. The molecule has 0 radical (unpaired) electrons. The Labute approximate surface area is 146 Å². The Morgan fingerprint density at radius 2 is 1.96 bits per heavy atom. The number of benzene rings is 2.